The van der Waals surface area contributed by atoms with Crippen LogP contribution in [0, 0.1) is 16.7 Å². The Labute approximate surface area is 169 Å². The topological polar surface area (TPSA) is 55.1 Å². The lowest BCUT2D eigenvalue weighted by atomic mass is 9.63. The molecule has 6 rings (SSSR count). The van der Waals surface area contributed by atoms with E-state index in [-0.39, 0.29) is 16.2 Å². The third-order valence-electron chi connectivity index (χ3n) is 8.98. The van der Waals surface area contributed by atoms with E-state index in [1.807, 2.05) is 0 Å². The predicted octanol–water partition coefficient (Wildman–Crippen LogP) is 4.69. The highest BCUT2D eigenvalue weighted by atomic mass is 16.2. The summed E-state index contributed by atoms with van der Waals surface area (Å²) in [6.45, 7) is 2.30. The Morgan fingerprint density at radius 2 is 1.82 bits per heavy atom. The van der Waals surface area contributed by atoms with E-state index in [0.717, 1.165) is 44.4 Å². The number of nitrogens with two attached hydrogens (primary N) is 1. The number of carbonyl (C=O) groups is 1. The van der Waals surface area contributed by atoms with E-state index >= 15 is 0 Å². The average molecular weight is 381 g/mol. The van der Waals surface area contributed by atoms with Crippen LogP contribution in [0.4, 0.5) is 0 Å². The van der Waals surface area contributed by atoms with Crippen LogP contribution in [0.5, 0.6) is 0 Å². The number of hydrogen-bond donors (Lipinski definition) is 2. The van der Waals surface area contributed by atoms with Gasteiger partial charge in [-0.1, -0.05) is 43.7 Å². The second-order valence-corrected chi connectivity index (χ2v) is 10.7. The molecule has 5 aliphatic rings. The maximum atomic E-state index is 13.9. The molecule has 1 aromatic carbocycles. The molecule has 1 aromatic rings. The van der Waals surface area contributed by atoms with E-state index in [0.29, 0.717) is 18.0 Å². The van der Waals surface area contributed by atoms with Gasteiger partial charge in [0, 0.05) is 12.1 Å². The second-order valence-electron chi connectivity index (χ2n) is 10.7. The van der Waals surface area contributed by atoms with Crippen LogP contribution >= 0.6 is 0 Å². The van der Waals surface area contributed by atoms with E-state index in [1.54, 1.807) is 0 Å². The van der Waals surface area contributed by atoms with Crippen LogP contribution in [0.1, 0.15) is 83.1 Å². The summed E-state index contributed by atoms with van der Waals surface area (Å²) in [5, 5.41) is 3.54. The lowest BCUT2D eigenvalue weighted by Crippen LogP contribution is -2.51. The van der Waals surface area contributed by atoms with Crippen molar-refractivity contribution in [3.8, 4) is 0 Å². The summed E-state index contributed by atoms with van der Waals surface area (Å²) < 4.78 is 0. The monoisotopic (exact) mass is 380 g/mol. The Bertz CT molecular complexity index is 740. The van der Waals surface area contributed by atoms with Crippen LogP contribution in [0.3, 0.4) is 0 Å². The molecular weight excluding hydrogens is 344 g/mol. The first-order valence-electron chi connectivity index (χ1n) is 11.6. The van der Waals surface area contributed by atoms with Crippen LogP contribution in [-0.4, -0.2) is 18.0 Å². The molecule has 0 aliphatic heterocycles. The summed E-state index contributed by atoms with van der Waals surface area (Å²) >= 11 is 0. The van der Waals surface area contributed by atoms with Gasteiger partial charge in [-0.15, -0.1) is 0 Å². The standard InChI is InChI=1S/C25H36N2O/c1-2-12-24-14-18-13-23(16-24,19-6-4-3-5-7-19)17-25(24,15-18)22(28)27-21-10-8-20(26)9-11-21/h3-7,18,20-21H,2,8-17,26H2,1H3,(H,27,28)/t18?,20?,21?,23-,24-,25?/m1/s1. The van der Waals surface area contributed by atoms with Crippen molar-refractivity contribution in [3.63, 3.8) is 0 Å². The summed E-state index contributed by atoms with van der Waals surface area (Å²) in [6.07, 6.45) is 12.6. The summed E-state index contributed by atoms with van der Waals surface area (Å²) in [4.78, 5) is 13.9. The molecule has 5 fully saturated rings. The maximum Gasteiger partial charge on any atom is 0.227 e. The Hall–Kier alpha value is -1.35. The molecule has 3 nitrogen and oxygen atoms in total. The predicted molar refractivity (Wildman–Crippen MR) is 113 cm³/mol. The van der Waals surface area contributed by atoms with Gasteiger partial charge in [0.25, 0.3) is 0 Å². The van der Waals surface area contributed by atoms with Gasteiger partial charge in [0.15, 0.2) is 0 Å². The molecule has 4 atom stereocenters. The minimum atomic E-state index is -0.138. The molecule has 3 heteroatoms. The van der Waals surface area contributed by atoms with Crippen molar-refractivity contribution in [1.29, 1.82) is 0 Å². The molecule has 4 bridgehead atoms. The molecule has 1 amide bonds. The van der Waals surface area contributed by atoms with E-state index in [2.05, 4.69) is 42.6 Å². The average Bonchev–Trinajstić information content (AvgIpc) is 3.03. The molecule has 28 heavy (non-hydrogen) atoms. The van der Waals surface area contributed by atoms with Crippen LogP contribution in [0.25, 0.3) is 0 Å². The Morgan fingerprint density at radius 1 is 1.07 bits per heavy atom. The van der Waals surface area contributed by atoms with Crippen LogP contribution in [0.2, 0.25) is 0 Å². The van der Waals surface area contributed by atoms with E-state index in [1.165, 1.54) is 37.7 Å². The molecule has 0 aromatic heterocycles. The highest BCUT2D eigenvalue weighted by molar-refractivity contribution is 5.86. The molecule has 0 saturated heterocycles. The zero-order valence-electron chi connectivity index (χ0n) is 17.4. The number of nitrogens with one attached hydrogen (secondary N) is 1. The van der Waals surface area contributed by atoms with E-state index in [4.69, 9.17) is 5.73 Å². The number of benzene rings is 1. The van der Waals surface area contributed by atoms with E-state index in [9.17, 15) is 4.79 Å². The third kappa shape index (κ3) is 2.61. The molecule has 5 saturated carbocycles. The zero-order valence-corrected chi connectivity index (χ0v) is 17.4. The lowest BCUT2D eigenvalue weighted by Gasteiger charge is -2.41. The van der Waals surface area contributed by atoms with Gasteiger partial charge in [-0.2, -0.15) is 0 Å². The summed E-state index contributed by atoms with van der Waals surface area (Å²) in [6, 6.07) is 11.8. The molecule has 0 spiro atoms. The van der Waals surface area contributed by atoms with E-state index < -0.39 is 0 Å². The zero-order chi connectivity index (χ0) is 19.4. The first kappa shape index (κ1) is 18.7. The van der Waals surface area contributed by atoms with Crippen LogP contribution < -0.4 is 11.1 Å². The summed E-state index contributed by atoms with van der Waals surface area (Å²) in [7, 11) is 0. The highest BCUT2D eigenvalue weighted by Gasteiger charge is 2.73. The molecule has 2 unspecified atom stereocenters. The molecule has 5 aliphatic carbocycles. The molecule has 0 radical (unpaired) electrons. The Morgan fingerprint density at radius 3 is 2.54 bits per heavy atom. The number of rotatable bonds is 5. The summed E-state index contributed by atoms with van der Waals surface area (Å²) in [5.74, 6) is 1.11. The summed E-state index contributed by atoms with van der Waals surface area (Å²) in [5.41, 5.74) is 7.88. The van der Waals surface area contributed by atoms with Crippen molar-refractivity contribution in [1.82, 2.24) is 5.32 Å². The molecule has 152 valence electrons. The number of amides is 1. The quantitative estimate of drug-likeness (QED) is 0.778. The van der Waals surface area contributed by atoms with Crippen LogP contribution in [0.15, 0.2) is 30.3 Å². The van der Waals surface area contributed by atoms with Crippen molar-refractivity contribution in [2.75, 3.05) is 0 Å². The maximum absolute atomic E-state index is 13.9. The van der Waals surface area contributed by atoms with Crippen molar-refractivity contribution >= 4 is 5.91 Å². The Kier molecular flexibility index (Phi) is 4.39. The minimum Gasteiger partial charge on any atom is -0.353 e. The molecular formula is C25H36N2O. The Balaban J connectivity index is 1.46. The fourth-order valence-electron chi connectivity index (χ4n) is 8.18. The second kappa shape index (κ2) is 6.58. The van der Waals surface area contributed by atoms with Crippen molar-refractivity contribution in [2.45, 2.75) is 95.1 Å². The third-order valence-corrected chi connectivity index (χ3v) is 8.98. The first-order chi connectivity index (χ1) is 13.5. The van der Waals surface area contributed by atoms with Gasteiger partial charge >= 0.3 is 0 Å². The van der Waals surface area contributed by atoms with Gasteiger partial charge < -0.3 is 11.1 Å². The molecule has 3 N–H and O–H groups in total. The number of hydrogen-bond acceptors (Lipinski definition) is 2. The van der Waals surface area contributed by atoms with Crippen molar-refractivity contribution < 1.29 is 4.79 Å². The van der Waals surface area contributed by atoms with Gasteiger partial charge in [-0.05, 0) is 86.5 Å². The fraction of sp³-hybridized carbons (Fsp3) is 0.720. The largest absolute Gasteiger partial charge is 0.353 e. The lowest BCUT2D eigenvalue weighted by molar-refractivity contribution is -0.137. The van der Waals surface area contributed by atoms with Crippen molar-refractivity contribution in [3.05, 3.63) is 35.9 Å². The van der Waals surface area contributed by atoms with Crippen molar-refractivity contribution in [2.24, 2.45) is 22.5 Å². The smallest absolute Gasteiger partial charge is 0.227 e. The fourth-order valence-corrected chi connectivity index (χ4v) is 8.18. The number of carbonyl (C=O) groups excluding carboxylic acids is 1. The van der Waals surface area contributed by atoms with Gasteiger partial charge in [0.1, 0.15) is 0 Å². The van der Waals surface area contributed by atoms with Crippen LogP contribution in [-0.2, 0) is 10.2 Å². The SMILES string of the molecule is CCC[C@]12CC3CC1(C(=O)NC1CCC(N)CC1)C[C@@](c1ccccc1)(C3)C2. The highest BCUT2D eigenvalue weighted by Crippen LogP contribution is 2.77. The van der Waals surface area contributed by atoms with Gasteiger partial charge in [0.2, 0.25) is 5.91 Å². The van der Waals surface area contributed by atoms with Gasteiger partial charge in [-0.25, -0.2) is 0 Å². The first-order valence-corrected chi connectivity index (χ1v) is 11.6. The van der Waals surface area contributed by atoms with Gasteiger partial charge in [-0.3, -0.25) is 4.79 Å². The normalized spacial score (nSPS) is 44.0. The molecule has 0 heterocycles. The van der Waals surface area contributed by atoms with Gasteiger partial charge in [0.05, 0.1) is 5.41 Å². The minimum absolute atomic E-state index is 0.138.